The van der Waals surface area contributed by atoms with E-state index in [1.807, 2.05) is 41.3 Å². The molecule has 0 bridgehead atoms. The second-order valence-electron chi connectivity index (χ2n) is 8.33. The molecule has 0 atom stereocenters. The van der Waals surface area contributed by atoms with E-state index in [9.17, 15) is 9.59 Å². The monoisotopic (exact) mass is 484 g/mol. The first-order valence-electron chi connectivity index (χ1n) is 11.5. The van der Waals surface area contributed by atoms with Crippen LogP contribution in [-0.2, 0) is 26.1 Å². The highest BCUT2D eigenvalue weighted by atomic mass is 35.5. The lowest BCUT2D eigenvalue weighted by Gasteiger charge is -2.11. The van der Waals surface area contributed by atoms with E-state index >= 15 is 0 Å². The van der Waals surface area contributed by atoms with Crippen LogP contribution in [0.25, 0.3) is 11.2 Å². The minimum atomic E-state index is -0.389. The SMILES string of the molecule is CCCCCn1c(=O)n(CCCc2cnn(Cc3cccc(OC)c3)c2)c(=O)c2[nH]c(Cl)nc21. The summed E-state index contributed by atoms with van der Waals surface area (Å²) in [5.41, 5.74) is 2.00. The van der Waals surface area contributed by atoms with Crippen LogP contribution in [0.4, 0.5) is 0 Å². The molecule has 10 heteroatoms. The summed E-state index contributed by atoms with van der Waals surface area (Å²) in [5, 5.41) is 4.55. The van der Waals surface area contributed by atoms with Gasteiger partial charge in [-0.05, 0) is 54.1 Å². The molecule has 0 fully saturated rings. The van der Waals surface area contributed by atoms with Gasteiger partial charge in [-0.15, -0.1) is 0 Å². The highest BCUT2D eigenvalue weighted by Crippen LogP contribution is 2.14. The predicted molar refractivity (Wildman–Crippen MR) is 132 cm³/mol. The maximum Gasteiger partial charge on any atom is 0.332 e. The smallest absolute Gasteiger partial charge is 0.332 e. The lowest BCUT2D eigenvalue weighted by atomic mass is 10.2. The van der Waals surface area contributed by atoms with Gasteiger partial charge >= 0.3 is 5.69 Å². The molecule has 0 saturated carbocycles. The molecule has 9 nitrogen and oxygen atoms in total. The third-order valence-corrected chi connectivity index (χ3v) is 6.01. The van der Waals surface area contributed by atoms with Crippen molar-refractivity contribution in [3.05, 3.63) is 73.9 Å². The maximum absolute atomic E-state index is 13.1. The number of halogens is 1. The molecule has 0 unspecified atom stereocenters. The van der Waals surface area contributed by atoms with E-state index in [-0.39, 0.29) is 22.0 Å². The average molecular weight is 485 g/mol. The molecule has 0 spiro atoms. The topological polar surface area (TPSA) is 99.7 Å². The van der Waals surface area contributed by atoms with Gasteiger partial charge < -0.3 is 9.72 Å². The van der Waals surface area contributed by atoms with Crippen LogP contribution in [0.2, 0.25) is 5.28 Å². The predicted octanol–water partition coefficient (Wildman–Crippen LogP) is 3.62. The molecular formula is C24H29ClN6O3. The van der Waals surface area contributed by atoms with Gasteiger partial charge in [0.2, 0.25) is 5.28 Å². The van der Waals surface area contributed by atoms with Gasteiger partial charge in [0, 0.05) is 19.3 Å². The Morgan fingerprint density at radius 1 is 1.09 bits per heavy atom. The van der Waals surface area contributed by atoms with E-state index in [1.54, 1.807) is 11.7 Å². The summed E-state index contributed by atoms with van der Waals surface area (Å²) >= 11 is 6.01. The van der Waals surface area contributed by atoms with Gasteiger partial charge in [-0.25, -0.2) is 4.79 Å². The molecule has 0 aliphatic rings. The van der Waals surface area contributed by atoms with Crippen molar-refractivity contribution in [2.24, 2.45) is 0 Å². The number of rotatable bonds is 11. The molecule has 0 saturated heterocycles. The number of fused-ring (bicyclic) bond motifs is 1. The zero-order valence-electron chi connectivity index (χ0n) is 19.5. The van der Waals surface area contributed by atoms with E-state index in [2.05, 4.69) is 22.0 Å². The third kappa shape index (κ3) is 5.25. The van der Waals surface area contributed by atoms with Gasteiger partial charge in [0.05, 0.1) is 19.9 Å². The fourth-order valence-corrected chi connectivity index (χ4v) is 4.25. The van der Waals surface area contributed by atoms with Crippen molar-refractivity contribution in [2.45, 2.75) is 58.7 Å². The molecular weight excluding hydrogens is 456 g/mol. The Bertz CT molecular complexity index is 1380. The van der Waals surface area contributed by atoms with Crippen LogP contribution in [0.3, 0.4) is 0 Å². The number of aromatic amines is 1. The minimum absolute atomic E-state index is 0.108. The number of H-pyrrole nitrogens is 1. The summed E-state index contributed by atoms with van der Waals surface area (Å²) in [7, 11) is 1.65. The molecule has 0 aliphatic heterocycles. The van der Waals surface area contributed by atoms with Gasteiger partial charge in [-0.3, -0.25) is 18.6 Å². The van der Waals surface area contributed by atoms with Crippen LogP contribution in [0.1, 0.15) is 43.7 Å². The largest absolute Gasteiger partial charge is 0.497 e. The molecule has 3 aromatic heterocycles. The summed E-state index contributed by atoms with van der Waals surface area (Å²) in [4.78, 5) is 33.0. The summed E-state index contributed by atoms with van der Waals surface area (Å²) in [5.74, 6) is 0.811. The Labute approximate surface area is 202 Å². The molecule has 3 heterocycles. The molecule has 4 aromatic rings. The first kappa shape index (κ1) is 23.8. The van der Waals surface area contributed by atoms with Gasteiger partial charge in [-0.2, -0.15) is 10.1 Å². The number of benzene rings is 1. The number of hydrogen-bond donors (Lipinski definition) is 1. The molecule has 1 aromatic carbocycles. The van der Waals surface area contributed by atoms with E-state index in [1.165, 1.54) is 4.57 Å². The van der Waals surface area contributed by atoms with Gasteiger partial charge in [-0.1, -0.05) is 31.9 Å². The summed E-state index contributed by atoms with van der Waals surface area (Å²) < 4.78 is 9.99. The van der Waals surface area contributed by atoms with E-state index in [0.29, 0.717) is 38.1 Å². The van der Waals surface area contributed by atoms with Gasteiger partial charge in [0.15, 0.2) is 11.2 Å². The highest BCUT2D eigenvalue weighted by Gasteiger charge is 2.16. The van der Waals surface area contributed by atoms with Gasteiger partial charge in [0.1, 0.15) is 5.75 Å². The number of aromatic nitrogens is 6. The summed E-state index contributed by atoms with van der Waals surface area (Å²) in [6, 6.07) is 7.87. The number of nitrogens with zero attached hydrogens (tertiary/aromatic N) is 5. The van der Waals surface area contributed by atoms with Crippen molar-refractivity contribution in [3.63, 3.8) is 0 Å². The fraction of sp³-hybridized carbons (Fsp3) is 0.417. The lowest BCUT2D eigenvalue weighted by molar-refractivity contribution is 0.414. The molecule has 1 N–H and O–H groups in total. The second kappa shape index (κ2) is 10.7. The zero-order valence-corrected chi connectivity index (χ0v) is 20.2. The summed E-state index contributed by atoms with van der Waals surface area (Å²) in [6.45, 7) is 3.54. The third-order valence-electron chi connectivity index (χ3n) is 5.83. The minimum Gasteiger partial charge on any atom is -0.497 e. The Kier molecular flexibility index (Phi) is 7.52. The number of unbranched alkanes of at least 4 members (excludes halogenated alkanes) is 2. The van der Waals surface area contributed by atoms with Crippen molar-refractivity contribution in [3.8, 4) is 5.75 Å². The number of ether oxygens (including phenoxy) is 1. The number of aryl methyl sites for hydroxylation is 2. The molecule has 0 amide bonds. The average Bonchev–Trinajstić information content (AvgIpc) is 3.44. The number of methoxy groups -OCH3 is 1. The zero-order chi connectivity index (χ0) is 24.1. The first-order valence-corrected chi connectivity index (χ1v) is 11.9. The highest BCUT2D eigenvalue weighted by molar-refractivity contribution is 6.28. The second-order valence-corrected chi connectivity index (χ2v) is 8.68. The quantitative estimate of drug-likeness (QED) is 0.259. The van der Waals surface area contributed by atoms with Crippen molar-refractivity contribution in [1.29, 1.82) is 0 Å². The van der Waals surface area contributed by atoms with Crippen molar-refractivity contribution >= 4 is 22.8 Å². The normalized spacial score (nSPS) is 11.4. The van der Waals surface area contributed by atoms with Crippen LogP contribution in [0.5, 0.6) is 5.75 Å². The first-order chi connectivity index (χ1) is 16.5. The van der Waals surface area contributed by atoms with Crippen molar-refractivity contribution < 1.29 is 4.74 Å². The molecule has 0 aliphatic carbocycles. The van der Waals surface area contributed by atoms with Crippen LogP contribution in [0.15, 0.2) is 46.2 Å². The van der Waals surface area contributed by atoms with Crippen LogP contribution in [0, 0.1) is 0 Å². The molecule has 180 valence electrons. The Balaban J connectivity index is 1.46. The molecule has 4 rings (SSSR count). The Morgan fingerprint density at radius 2 is 1.91 bits per heavy atom. The molecule has 34 heavy (non-hydrogen) atoms. The van der Waals surface area contributed by atoms with E-state index in [4.69, 9.17) is 16.3 Å². The standard InChI is InChI=1S/C24H29ClN6O3/c1-3-4-5-11-30-21-20(27-23(25)28-21)22(32)31(24(30)33)12-7-9-18-14-26-29(16-18)15-17-8-6-10-19(13-17)34-2/h6,8,10,13-14,16H,3-5,7,9,11-12,15H2,1-2H3,(H,27,28). The summed E-state index contributed by atoms with van der Waals surface area (Å²) in [6.07, 6.45) is 7.99. The van der Waals surface area contributed by atoms with E-state index in [0.717, 1.165) is 36.1 Å². The van der Waals surface area contributed by atoms with Crippen LogP contribution in [-0.4, -0.2) is 36.0 Å². The Hall–Kier alpha value is -3.33. The van der Waals surface area contributed by atoms with Gasteiger partial charge in [0.25, 0.3) is 5.56 Å². The van der Waals surface area contributed by atoms with Crippen LogP contribution >= 0.6 is 11.6 Å². The maximum atomic E-state index is 13.1. The Morgan fingerprint density at radius 3 is 2.71 bits per heavy atom. The molecule has 0 radical (unpaired) electrons. The fourth-order valence-electron chi connectivity index (χ4n) is 4.08. The van der Waals surface area contributed by atoms with Crippen molar-refractivity contribution in [2.75, 3.05) is 7.11 Å². The number of hydrogen-bond acceptors (Lipinski definition) is 5. The number of nitrogens with one attached hydrogen (secondary N) is 1. The number of imidazole rings is 1. The van der Waals surface area contributed by atoms with E-state index < -0.39 is 0 Å². The lowest BCUT2D eigenvalue weighted by Crippen LogP contribution is -2.40. The van der Waals surface area contributed by atoms with Crippen LogP contribution < -0.4 is 16.0 Å². The van der Waals surface area contributed by atoms with Crippen molar-refractivity contribution in [1.82, 2.24) is 28.9 Å².